The van der Waals surface area contributed by atoms with Crippen molar-refractivity contribution in [3.63, 3.8) is 0 Å². The molecule has 13 aromatic heterocycles. The monoisotopic (exact) mass is 1450 g/mol. The first-order chi connectivity index (χ1) is 47.2. The molecular weight excluding hydrogens is 1370 g/mol. The van der Waals surface area contributed by atoms with Crippen LogP contribution in [0.3, 0.4) is 0 Å². The first kappa shape index (κ1) is 75.9. The number of nitrogens with one attached hydrogen (secondary N) is 1. The van der Waals surface area contributed by atoms with Crippen molar-refractivity contribution in [1.29, 1.82) is 0 Å². The lowest BCUT2D eigenvalue weighted by Gasteiger charge is -2.03. The number of hydrogen-bond acceptors (Lipinski definition) is 31. The molecule has 0 unspecified atom stereocenters. The maximum Gasteiger partial charge on any atom is 0.328 e. The summed E-state index contributed by atoms with van der Waals surface area (Å²) in [5.41, 5.74) is 37.1. The van der Waals surface area contributed by atoms with Gasteiger partial charge in [-0.3, -0.25) is 14.3 Å². The van der Waals surface area contributed by atoms with Crippen LogP contribution in [-0.4, -0.2) is 206 Å². The quantitative estimate of drug-likeness (QED) is 0.0408. The fourth-order valence-corrected chi connectivity index (χ4v) is 11.3. The molecule has 13 heterocycles. The van der Waals surface area contributed by atoms with E-state index in [0.29, 0.717) is 57.6 Å². The Morgan fingerprint density at radius 1 is 0.423 bits per heavy atom. The second kappa shape index (κ2) is 40.3. The number of H-pyrrole nitrogens is 1. The van der Waals surface area contributed by atoms with Crippen molar-refractivity contribution in [3.8, 4) is 0 Å². The predicted molar refractivity (Wildman–Crippen MR) is 406 cm³/mol. The molecule has 32 nitrogen and oxygen atoms in total. The number of hydrogen-bond donors (Lipinski definition) is 6. The highest BCUT2D eigenvalue weighted by Gasteiger charge is 2.12. The van der Waals surface area contributed by atoms with Crippen molar-refractivity contribution in [2.24, 2.45) is 0 Å². The molecule has 0 bridgehead atoms. The third-order valence-corrected chi connectivity index (χ3v) is 17.9. The number of aryl methyl sites for hydroxylation is 8. The Bertz CT molecular complexity index is 4460. The molecule has 11 N–H and O–H groups in total. The Morgan fingerprint density at radius 2 is 0.876 bits per heavy atom. The van der Waals surface area contributed by atoms with Crippen molar-refractivity contribution in [1.82, 2.24) is 122 Å². The van der Waals surface area contributed by atoms with E-state index in [1.807, 2.05) is 89.3 Å². The number of rotatable bonds is 22. The molecule has 97 heavy (non-hydrogen) atoms. The zero-order chi connectivity index (χ0) is 69.5. The van der Waals surface area contributed by atoms with Crippen molar-refractivity contribution in [3.05, 3.63) is 120 Å². The van der Waals surface area contributed by atoms with E-state index >= 15 is 0 Å². The van der Waals surface area contributed by atoms with Crippen LogP contribution >= 0.6 is 82.3 Å². The van der Waals surface area contributed by atoms with Gasteiger partial charge in [-0.25, -0.2) is 79.3 Å². The van der Waals surface area contributed by atoms with Gasteiger partial charge in [0.2, 0.25) is 5.95 Å². The number of aromatic amines is 1. The summed E-state index contributed by atoms with van der Waals surface area (Å²) in [6.45, 7) is 7.77. The van der Waals surface area contributed by atoms with Gasteiger partial charge in [-0.2, -0.15) is 97.4 Å². The van der Waals surface area contributed by atoms with E-state index < -0.39 is 0 Å². The van der Waals surface area contributed by atoms with Gasteiger partial charge in [0.25, 0.3) is 5.56 Å². The van der Waals surface area contributed by atoms with Crippen LogP contribution in [0.25, 0.3) is 66.9 Å². The summed E-state index contributed by atoms with van der Waals surface area (Å²) in [6, 6.07) is 3.90. The minimum atomic E-state index is -0.329. The molecule has 0 saturated heterocycles. The molecule has 0 amide bonds. The summed E-state index contributed by atoms with van der Waals surface area (Å²) >= 11 is 12.5. The lowest BCUT2D eigenvalue weighted by molar-refractivity contribution is 0.683. The Labute approximate surface area is 588 Å². The molecule has 0 spiro atoms. The molecule has 0 fully saturated rings. The first-order valence-electron chi connectivity index (χ1n) is 29.8. The van der Waals surface area contributed by atoms with Gasteiger partial charge in [-0.15, -0.1) is 0 Å². The number of fused-ring (bicyclic) bond motifs is 6. The van der Waals surface area contributed by atoms with Crippen LogP contribution in [0.2, 0.25) is 0 Å². The van der Waals surface area contributed by atoms with Crippen molar-refractivity contribution in [2.45, 2.75) is 59.2 Å². The summed E-state index contributed by atoms with van der Waals surface area (Å²) in [5, 5.41) is 5.04. The molecule has 0 atom stereocenters. The maximum absolute atomic E-state index is 11.2. The van der Waals surface area contributed by atoms with Crippen LogP contribution in [0, 0.1) is 6.92 Å². The fraction of sp³-hybridized carbons (Fsp3) is 0.397. The van der Waals surface area contributed by atoms with Crippen LogP contribution in [0.15, 0.2) is 103 Å². The normalized spacial score (nSPS) is 10.8. The molecule has 0 saturated carbocycles. The Morgan fingerprint density at radius 3 is 1.44 bits per heavy atom. The highest BCUT2D eigenvalue weighted by Crippen LogP contribution is 2.20. The van der Waals surface area contributed by atoms with E-state index in [0.717, 1.165) is 131 Å². The van der Waals surface area contributed by atoms with E-state index in [1.165, 1.54) is 23.5 Å². The molecule has 13 rings (SSSR count). The second-order valence-electron chi connectivity index (χ2n) is 20.2. The van der Waals surface area contributed by atoms with Gasteiger partial charge in [-0.05, 0) is 75.0 Å². The van der Waals surface area contributed by atoms with E-state index in [1.54, 1.807) is 104 Å². The number of anilines is 5. The largest absolute Gasteiger partial charge is 0.383 e. The van der Waals surface area contributed by atoms with Crippen molar-refractivity contribution in [2.75, 3.05) is 113 Å². The second-order valence-corrected chi connectivity index (χ2v) is 27.1. The molecule has 39 heteroatoms. The lowest BCUT2D eigenvalue weighted by atomic mass is 10.4. The van der Waals surface area contributed by atoms with Crippen LogP contribution in [0.4, 0.5) is 29.2 Å². The van der Waals surface area contributed by atoms with Gasteiger partial charge in [0.15, 0.2) is 51.3 Å². The third kappa shape index (κ3) is 22.0. The minimum absolute atomic E-state index is 0.186. The highest BCUT2D eigenvalue weighted by molar-refractivity contribution is 7.99. The summed E-state index contributed by atoms with van der Waals surface area (Å²) in [7, 11) is 0. The highest BCUT2D eigenvalue weighted by atomic mass is 32.2. The number of nitrogens with two attached hydrogens (primary N) is 5. The standard InChI is InChI=1S/C9H13N5S.C9H11N3S.C8H12N6S.2C8H11N5S.C8H10N4S.C8H12N2O2S/c1-15-4-2-3-14-6-13-7-8(10)11-5-12-9(7)14;1-13-6-5-12-7-11-8-3-2-4-10-9(8)12;1-15-3-2-14-4-11-5-6(9)12-8(10)13-7(5)14;1-14-3-2-13-5-12-6-7(9)10-4-11-8(6)13;1-14-3-2-13-8-6(4-12-13)7(9)10-5-11-8;1-13-3-2-12-6-11-7-4-9-5-10-8(7)12;1-6-5-10(3-4-13-2)8(12)9-7(6)11/h5-6H,2-4H2,1H3,(H2,10,11,12);2-4,7H,5-6H2,1H3;4H,2-3H2,1H3,(H4,9,10,12,13);2*4-5H,2-3H2,1H3,(H2,9,10,11);4-6H,2-3H2,1H3;5H,3-4H2,1-2H3,(H,9,11,12). The average molecular weight is 1450 g/mol. The third-order valence-electron chi connectivity index (χ3n) is 13.6. The summed E-state index contributed by atoms with van der Waals surface area (Å²) in [5.74, 6) is 9.13. The topological polar surface area (TPSA) is 434 Å². The molecule has 0 radical (unpaired) electrons. The average Bonchev–Trinajstić information content (AvgIpc) is 1.71. The number of nitrogens with zero attached hydrogens (tertiary/aromatic N) is 24. The van der Waals surface area contributed by atoms with E-state index in [4.69, 9.17) is 28.7 Å². The molecule has 0 aromatic carbocycles. The van der Waals surface area contributed by atoms with E-state index in [9.17, 15) is 9.59 Å². The van der Waals surface area contributed by atoms with Crippen LogP contribution < -0.4 is 39.9 Å². The molecular formula is C58H80N30O2S7. The van der Waals surface area contributed by atoms with Gasteiger partial charge in [0.05, 0.1) is 56.0 Å². The molecule has 13 aromatic rings. The van der Waals surface area contributed by atoms with Crippen molar-refractivity contribution < 1.29 is 0 Å². The van der Waals surface area contributed by atoms with E-state index in [2.05, 4.69) is 132 Å². The minimum Gasteiger partial charge on any atom is -0.383 e. The van der Waals surface area contributed by atoms with Crippen LogP contribution in [-0.2, 0) is 45.8 Å². The van der Waals surface area contributed by atoms with Gasteiger partial charge < -0.3 is 51.5 Å². The van der Waals surface area contributed by atoms with Crippen molar-refractivity contribution >= 4 is 178 Å². The Kier molecular flexibility index (Phi) is 31.5. The predicted octanol–water partition coefficient (Wildman–Crippen LogP) is 6.25. The number of nitrogen functional groups attached to an aromatic ring is 5. The molecule has 0 aliphatic heterocycles. The van der Waals surface area contributed by atoms with Gasteiger partial charge in [-0.1, -0.05) is 0 Å². The number of thioether (sulfide) groups is 7. The summed E-state index contributed by atoms with van der Waals surface area (Å²) in [6.07, 6.45) is 37.3. The molecule has 0 aliphatic carbocycles. The zero-order valence-electron chi connectivity index (χ0n) is 55.1. The Balaban J connectivity index is 0.000000160. The SMILES string of the molecule is CSCCCn1cnc2c(N)ncnc21.CSCCn1cc(C)c(=O)[nH]c1=O.CSCCn1cnc2c(N)nc(N)nc21.CSCCn1cnc2c(N)ncnc21.CSCCn1cnc2cccnc21.CSCCn1cnc2cncnc21.CSCCn1ncc2c(N)ncnc21. The fourth-order valence-electron chi connectivity index (χ4n) is 8.68. The van der Waals surface area contributed by atoms with Crippen LogP contribution in [0.5, 0.6) is 0 Å². The van der Waals surface area contributed by atoms with Crippen LogP contribution in [0.1, 0.15) is 12.0 Å². The first-order valence-corrected chi connectivity index (χ1v) is 39.5. The summed E-state index contributed by atoms with van der Waals surface area (Å²) in [4.78, 5) is 90.0. The maximum atomic E-state index is 11.2. The van der Waals surface area contributed by atoms with Gasteiger partial charge in [0.1, 0.15) is 58.7 Å². The van der Waals surface area contributed by atoms with E-state index in [-0.39, 0.29) is 17.2 Å². The molecule has 0 aliphatic rings. The number of aromatic nitrogens is 25. The molecule has 516 valence electrons. The smallest absolute Gasteiger partial charge is 0.328 e. The zero-order valence-corrected chi connectivity index (χ0v) is 60.8. The lowest BCUT2D eigenvalue weighted by Crippen LogP contribution is -2.31. The number of pyridine rings is 1. The van der Waals surface area contributed by atoms with Gasteiger partial charge >= 0.3 is 5.69 Å². The van der Waals surface area contributed by atoms with Gasteiger partial charge in [0, 0.05) is 91.7 Å². The summed E-state index contributed by atoms with van der Waals surface area (Å²) < 4.78 is 13.4. The number of imidazole rings is 5. The Hall–Kier alpha value is -8.50.